The number of hydrogen-bond donors (Lipinski definition) is 2. The molecule has 0 saturated heterocycles. The average Bonchev–Trinajstić information content (AvgIpc) is 2.43. The van der Waals surface area contributed by atoms with Crippen LogP contribution in [0, 0.1) is 0 Å². The average molecular weight is 242 g/mol. The Bertz CT molecular complexity index is 244. The Kier molecular flexibility index (Phi) is 5.92. The molecule has 1 aliphatic carbocycles. The Hall–Kier alpha value is -0.610. The molecule has 0 aliphatic heterocycles. The van der Waals surface area contributed by atoms with Crippen LogP contribution in [0.4, 0.5) is 0 Å². The van der Waals surface area contributed by atoms with E-state index < -0.39 is 6.10 Å². The summed E-state index contributed by atoms with van der Waals surface area (Å²) >= 11 is 0. The molecule has 3 N–H and O–H groups in total. The molecule has 1 aliphatic rings. The van der Waals surface area contributed by atoms with Crippen LogP contribution in [0.25, 0.3) is 0 Å². The third-order valence-electron chi connectivity index (χ3n) is 3.18. The third-order valence-corrected chi connectivity index (χ3v) is 3.18. The molecule has 1 fully saturated rings. The van der Waals surface area contributed by atoms with Crippen LogP contribution in [0.5, 0.6) is 0 Å². The molecule has 0 aromatic carbocycles. The largest absolute Gasteiger partial charge is 0.364 e. The van der Waals surface area contributed by atoms with Gasteiger partial charge in [-0.15, -0.1) is 0 Å². The molecule has 0 heterocycles. The van der Waals surface area contributed by atoms with Crippen LogP contribution in [0.3, 0.4) is 0 Å². The zero-order valence-electron chi connectivity index (χ0n) is 11.2. The zero-order chi connectivity index (χ0) is 12.8. The fourth-order valence-corrected chi connectivity index (χ4v) is 2.20. The lowest BCUT2D eigenvalue weighted by molar-refractivity contribution is -0.136. The SMILES string of the molecule is CC(C)NC(=O)C(C)OC1CCCCCC1N. The van der Waals surface area contributed by atoms with Crippen molar-refractivity contribution in [1.82, 2.24) is 5.32 Å². The van der Waals surface area contributed by atoms with E-state index in [2.05, 4.69) is 5.32 Å². The molecule has 3 unspecified atom stereocenters. The first kappa shape index (κ1) is 14.5. The van der Waals surface area contributed by atoms with Crippen LogP contribution in [-0.2, 0) is 9.53 Å². The van der Waals surface area contributed by atoms with Crippen LogP contribution in [0.2, 0.25) is 0 Å². The van der Waals surface area contributed by atoms with E-state index in [-0.39, 0.29) is 24.1 Å². The lowest BCUT2D eigenvalue weighted by Crippen LogP contribution is -2.44. The van der Waals surface area contributed by atoms with E-state index in [1.54, 1.807) is 6.92 Å². The van der Waals surface area contributed by atoms with Gasteiger partial charge in [-0.05, 0) is 33.6 Å². The molecule has 3 atom stereocenters. The van der Waals surface area contributed by atoms with Crippen LogP contribution in [0.1, 0.15) is 52.9 Å². The van der Waals surface area contributed by atoms with Gasteiger partial charge in [0.05, 0.1) is 6.10 Å². The van der Waals surface area contributed by atoms with Gasteiger partial charge in [0.1, 0.15) is 6.10 Å². The predicted octanol–water partition coefficient (Wildman–Crippen LogP) is 1.58. The molecule has 4 heteroatoms. The summed E-state index contributed by atoms with van der Waals surface area (Å²) in [5.74, 6) is -0.0450. The summed E-state index contributed by atoms with van der Waals surface area (Å²) in [6, 6.07) is 0.225. The minimum atomic E-state index is -0.411. The Morgan fingerprint density at radius 1 is 1.24 bits per heavy atom. The van der Waals surface area contributed by atoms with Crippen molar-refractivity contribution in [3.05, 3.63) is 0 Å². The number of hydrogen-bond acceptors (Lipinski definition) is 3. The Labute approximate surface area is 104 Å². The molecule has 0 radical (unpaired) electrons. The maximum atomic E-state index is 11.7. The van der Waals surface area contributed by atoms with Crippen molar-refractivity contribution in [2.24, 2.45) is 5.73 Å². The fourth-order valence-electron chi connectivity index (χ4n) is 2.20. The molecule has 4 nitrogen and oxygen atoms in total. The quantitative estimate of drug-likeness (QED) is 0.736. The van der Waals surface area contributed by atoms with Crippen molar-refractivity contribution >= 4 is 5.91 Å². The summed E-state index contributed by atoms with van der Waals surface area (Å²) in [7, 11) is 0. The summed E-state index contributed by atoms with van der Waals surface area (Å²) in [5, 5.41) is 2.86. The van der Waals surface area contributed by atoms with E-state index in [1.807, 2.05) is 13.8 Å². The highest BCUT2D eigenvalue weighted by Gasteiger charge is 2.25. The number of amides is 1. The molecule has 1 amide bonds. The minimum absolute atomic E-state index is 0.0328. The highest BCUT2D eigenvalue weighted by molar-refractivity contribution is 5.80. The van der Waals surface area contributed by atoms with Crippen molar-refractivity contribution in [3.63, 3.8) is 0 Å². The topological polar surface area (TPSA) is 64.3 Å². The van der Waals surface area contributed by atoms with Crippen LogP contribution in [-0.4, -0.2) is 30.2 Å². The monoisotopic (exact) mass is 242 g/mol. The number of nitrogens with two attached hydrogens (primary N) is 1. The maximum absolute atomic E-state index is 11.7. The Balaban J connectivity index is 2.42. The van der Waals surface area contributed by atoms with Crippen molar-refractivity contribution in [2.45, 2.75) is 77.2 Å². The number of carbonyl (C=O) groups excluding carboxylic acids is 1. The van der Waals surface area contributed by atoms with Crippen molar-refractivity contribution < 1.29 is 9.53 Å². The van der Waals surface area contributed by atoms with Gasteiger partial charge in [-0.1, -0.05) is 19.3 Å². The molecule has 1 rings (SSSR count). The zero-order valence-corrected chi connectivity index (χ0v) is 11.2. The van der Waals surface area contributed by atoms with Crippen LogP contribution < -0.4 is 11.1 Å². The first-order valence-electron chi connectivity index (χ1n) is 6.72. The van der Waals surface area contributed by atoms with Crippen molar-refractivity contribution in [3.8, 4) is 0 Å². The molecular formula is C13H26N2O2. The number of carbonyl (C=O) groups is 1. The first-order valence-corrected chi connectivity index (χ1v) is 6.72. The summed E-state index contributed by atoms with van der Waals surface area (Å²) in [6.07, 6.45) is 5.14. The van der Waals surface area contributed by atoms with E-state index in [0.29, 0.717) is 0 Å². The van der Waals surface area contributed by atoms with Crippen molar-refractivity contribution in [1.29, 1.82) is 0 Å². The van der Waals surface area contributed by atoms with Crippen LogP contribution >= 0.6 is 0 Å². The lowest BCUT2D eigenvalue weighted by atomic mass is 10.1. The highest BCUT2D eigenvalue weighted by Crippen LogP contribution is 2.20. The van der Waals surface area contributed by atoms with Gasteiger partial charge in [-0.2, -0.15) is 0 Å². The molecule has 0 aromatic heterocycles. The van der Waals surface area contributed by atoms with Gasteiger partial charge in [-0.3, -0.25) is 4.79 Å². The summed E-state index contributed by atoms with van der Waals surface area (Å²) in [6.45, 7) is 5.69. The Morgan fingerprint density at radius 2 is 1.88 bits per heavy atom. The molecule has 1 saturated carbocycles. The minimum Gasteiger partial charge on any atom is -0.364 e. The van der Waals surface area contributed by atoms with E-state index in [4.69, 9.17) is 10.5 Å². The summed E-state index contributed by atoms with van der Waals surface area (Å²) < 4.78 is 5.81. The fraction of sp³-hybridized carbons (Fsp3) is 0.923. The second-order valence-electron chi connectivity index (χ2n) is 5.28. The highest BCUT2D eigenvalue weighted by atomic mass is 16.5. The second-order valence-corrected chi connectivity index (χ2v) is 5.28. The van der Waals surface area contributed by atoms with Gasteiger partial charge in [0, 0.05) is 12.1 Å². The number of rotatable bonds is 4. The van der Waals surface area contributed by atoms with Crippen LogP contribution in [0.15, 0.2) is 0 Å². The number of ether oxygens (including phenoxy) is 1. The van der Waals surface area contributed by atoms with Gasteiger partial charge in [-0.25, -0.2) is 0 Å². The smallest absolute Gasteiger partial charge is 0.249 e. The van der Waals surface area contributed by atoms with Gasteiger partial charge >= 0.3 is 0 Å². The molecule has 17 heavy (non-hydrogen) atoms. The lowest BCUT2D eigenvalue weighted by Gasteiger charge is -2.25. The Morgan fingerprint density at radius 3 is 2.53 bits per heavy atom. The summed E-state index contributed by atoms with van der Waals surface area (Å²) in [4.78, 5) is 11.7. The molecule has 100 valence electrons. The van der Waals surface area contributed by atoms with E-state index >= 15 is 0 Å². The molecule has 0 spiro atoms. The second kappa shape index (κ2) is 6.97. The van der Waals surface area contributed by atoms with E-state index in [9.17, 15) is 4.79 Å². The molecule has 0 bridgehead atoms. The standard InChI is InChI=1S/C13H26N2O2/c1-9(2)15-13(16)10(3)17-12-8-6-4-5-7-11(12)14/h9-12H,4-8,14H2,1-3H3,(H,15,16). The summed E-state index contributed by atoms with van der Waals surface area (Å²) in [5.41, 5.74) is 6.07. The van der Waals surface area contributed by atoms with Gasteiger partial charge < -0.3 is 15.8 Å². The van der Waals surface area contributed by atoms with Gasteiger partial charge in [0.15, 0.2) is 0 Å². The molecular weight excluding hydrogens is 216 g/mol. The van der Waals surface area contributed by atoms with E-state index in [0.717, 1.165) is 19.3 Å². The maximum Gasteiger partial charge on any atom is 0.249 e. The van der Waals surface area contributed by atoms with Gasteiger partial charge in [0.25, 0.3) is 0 Å². The van der Waals surface area contributed by atoms with E-state index in [1.165, 1.54) is 12.8 Å². The third kappa shape index (κ3) is 5.04. The van der Waals surface area contributed by atoms with Crippen molar-refractivity contribution in [2.75, 3.05) is 0 Å². The van der Waals surface area contributed by atoms with Gasteiger partial charge in [0.2, 0.25) is 5.91 Å². The number of nitrogens with one attached hydrogen (secondary N) is 1. The predicted molar refractivity (Wildman–Crippen MR) is 68.7 cm³/mol. The molecule has 0 aromatic rings. The normalized spacial score (nSPS) is 27.6. The first-order chi connectivity index (χ1) is 8.00.